The highest BCUT2D eigenvalue weighted by atomic mass is 35.5. The lowest BCUT2D eigenvalue weighted by molar-refractivity contribution is -0.122. The van der Waals surface area contributed by atoms with Gasteiger partial charge in [0.15, 0.2) is 0 Å². The van der Waals surface area contributed by atoms with Crippen molar-refractivity contribution < 1.29 is 14.4 Å². The zero-order valence-corrected chi connectivity index (χ0v) is 29.3. The van der Waals surface area contributed by atoms with Gasteiger partial charge in [-0.05, 0) is 62.4 Å². The number of amidine groups is 1. The van der Waals surface area contributed by atoms with Crippen molar-refractivity contribution in [3.63, 3.8) is 0 Å². The van der Waals surface area contributed by atoms with E-state index in [0.717, 1.165) is 25.7 Å². The lowest BCUT2D eigenvalue weighted by atomic mass is 9.99. The van der Waals surface area contributed by atoms with Gasteiger partial charge < -0.3 is 0 Å². The molecular formula is C35H42Cl4N4O3. The van der Waals surface area contributed by atoms with Gasteiger partial charge in [-0.3, -0.25) is 24.7 Å². The molecule has 4 rings (SSSR count). The summed E-state index contributed by atoms with van der Waals surface area (Å²) in [5.74, 6) is -0.813. The highest BCUT2D eigenvalue weighted by Gasteiger charge is 2.39. The summed E-state index contributed by atoms with van der Waals surface area (Å²) in [6.07, 6.45) is 19.9. The van der Waals surface area contributed by atoms with Gasteiger partial charge >= 0.3 is 0 Å². The standard InChI is InChI=1S/C35H42Cl4N4O3/c1-2-3-4-5-6-7-8-9-10-11-12-13-14-15-16-24-19-32(44)42(35(24)46)26-17-18-27(37)30(22-26)40-31-23-33(45)43(41-31)34-28(38)20-25(36)21-29(34)39/h11-12,17-18,20-22,24H,2-10,13-16,19,23H2,1H3,(H,40,41)/b12-11+. The van der Waals surface area contributed by atoms with Gasteiger partial charge in [-0.15, -0.1) is 0 Å². The van der Waals surface area contributed by atoms with Crippen molar-refractivity contribution in [2.24, 2.45) is 10.9 Å². The Kier molecular flexibility index (Phi) is 14.3. The van der Waals surface area contributed by atoms with Crippen molar-refractivity contribution in [2.45, 2.75) is 103 Å². The van der Waals surface area contributed by atoms with Gasteiger partial charge in [0.1, 0.15) is 11.5 Å². The lowest BCUT2D eigenvalue weighted by Gasteiger charge is -2.19. The largest absolute Gasteiger partial charge is 0.277 e. The van der Waals surface area contributed by atoms with Crippen LogP contribution in [0, 0.1) is 5.92 Å². The number of allylic oxidation sites excluding steroid dienone is 2. The Morgan fingerprint density at radius 3 is 2.11 bits per heavy atom. The predicted octanol–water partition coefficient (Wildman–Crippen LogP) is 10.8. The van der Waals surface area contributed by atoms with Crippen LogP contribution in [0.15, 0.2) is 47.5 Å². The van der Waals surface area contributed by atoms with Crippen molar-refractivity contribution in [1.82, 2.24) is 5.43 Å². The molecule has 46 heavy (non-hydrogen) atoms. The highest BCUT2D eigenvalue weighted by Crippen LogP contribution is 2.38. The van der Waals surface area contributed by atoms with Crippen LogP contribution in [0.3, 0.4) is 0 Å². The molecular weight excluding hydrogens is 666 g/mol. The number of carbonyl (C=O) groups is 3. The maximum Gasteiger partial charge on any atom is 0.253 e. The van der Waals surface area contributed by atoms with E-state index >= 15 is 0 Å². The fraction of sp³-hybridized carbons (Fsp3) is 0.486. The molecule has 2 saturated heterocycles. The minimum absolute atomic E-state index is 0.0616. The molecule has 2 aromatic rings. The summed E-state index contributed by atoms with van der Waals surface area (Å²) in [7, 11) is 0. The number of hydrogen-bond donors (Lipinski definition) is 1. The highest BCUT2D eigenvalue weighted by molar-refractivity contribution is 6.42. The number of imide groups is 1. The van der Waals surface area contributed by atoms with E-state index in [-0.39, 0.29) is 52.2 Å². The van der Waals surface area contributed by atoms with E-state index in [0.29, 0.717) is 33.7 Å². The van der Waals surface area contributed by atoms with E-state index in [4.69, 9.17) is 46.4 Å². The van der Waals surface area contributed by atoms with Gasteiger partial charge in [0, 0.05) is 17.4 Å². The molecule has 2 aromatic carbocycles. The Labute approximate surface area is 292 Å². The zero-order chi connectivity index (χ0) is 33.1. The maximum absolute atomic E-state index is 13.3. The molecule has 1 atom stereocenters. The Morgan fingerprint density at radius 2 is 1.43 bits per heavy atom. The van der Waals surface area contributed by atoms with Crippen LogP contribution in [0.4, 0.5) is 17.1 Å². The maximum atomic E-state index is 13.3. The van der Waals surface area contributed by atoms with E-state index in [1.54, 1.807) is 18.2 Å². The number of amides is 3. The molecule has 1 N–H and O–H groups in total. The molecule has 0 bridgehead atoms. The first-order chi connectivity index (χ1) is 22.2. The molecule has 0 aromatic heterocycles. The van der Waals surface area contributed by atoms with E-state index in [2.05, 4.69) is 29.5 Å². The topological polar surface area (TPSA) is 82.1 Å². The average molecular weight is 709 g/mol. The van der Waals surface area contributed by atoms with Crippen LogP contribution >= 0.6 is 46.4 Å². The second kappa shape index (κ2) is 18.1. The summed E-state index contributed by atoms with van der Waals surface area (Å²) in [6.45, 7) is 2.25. The van der Waals surface area contributed by atoms with Crippen molar-refractivity contribution in [1.29, 1.82) is 0 Å². The van der Waals surface area contributed by atoms with Gasteiger partial charge in [-0.25, -0.2) is 10.0 Å². The summed E-state index contributed by atoms with van der Waals surface area (Å²) >= 11 is 25.0. The quantitative estimate of drug-likeness (QED) is 0.101. The second-order valence-electron chi connectivity index (χ2n) is 11.9. The van der Waals surface area contributed by atoms with Gasteiger partial charge in [0.2, 0.25) is 11.8 Å². The van der Waals surface area contributed by atoms with E-state index in [1.807, 2.05) is 0 Å². The number of nitrogens with zero attached hydrogens (tertiary/aromatic N) is 3. The molecule has 0 radical (unpaired) electrons. The lowest BCUT2D eigenvalue weighted by Crippen LogP contribution is -2.36. The summed E-state index contributed by atoms with van der Waals surface area (Å²) < 4.78 is 0. The molecule has 2 heterocycles. The fourth-order valence-corrected chi connectivity index (χ4v) is 6.94. The Morgan fingerprint density at radius 1 is 0.804 bits per heavy atom. The smallest absolute Gasteiger partial charge is 0.253 e. The zero-order valence-electron chi connectivity index (χ0n) is 26.3. The Bertz CT molecular complexity index is 1440. The first-order valence-corrected chi connectivity index (χ1v) is 17.8. The molecule has 3 amide bonds. The Balaban J connectivity index is 1.26. The molecule has 0 saturated carbocycles. The first-order valence-electron chi connectivity index (χ1n) is 16.3. The number of hydrazine groups is 1. The molecule has 2 aliphatic rings. The number of anilines is 2. The third-order valence-corrected chi connectivity index (χ3v) is 9.38. The second-order valence-corrected chi connectivity index (χ2v) is 13.6. The summed E-state index contributed by atoms with van der Waals surface area (Å²) in [5, 5.41) is 2.25. The van der Waals surface area contributed by atoms with Crippen molar-refractivity contribution in [3.05, 3.63) is 62.6 Å². The molecule has 11 heteroatoms. The molecule has 7 nitrogen and oxygen atoms in total. The van der Waals surface area contributed by atoms with Gasteiger partial charge in [-0.2, -0.15) is 0 Å². The normalized spacial score (nSPS) is 17.7. The molecule has 248 valence electrons. The number of nitrogens with one attached hydrogen (secondary N) is 1. The minimum Gasteiger partial charge on any atom is -0.277 e. The molecule has 2 aliphatic heterocycles. The van der Waals surface area contributed by atoms with Crippen LogP contribution in [-0.4, -0.2) is 23.6 Å². The fourth-order valence-electron chi connectivity index (χ4n) is 5.79. The summed E-state index contributed by atoms with van der Waals surface area (Å²) in [6, 6.07) is 7.78. The SMILES string of the molecule is CCCCCCCCCC/C=C/CCCCC1CC(=O)N(c2ccc(Cl)c(N=C3CC(=O)N(c4c(Cl)cc(Cl)cc4Cl)N3)c2)C1=O. The van der Waals surface area contributed by atoms with E-state index in [1.165, 1.54) is 73.4 Å². The number of halogens is 4. The number of unbranched alkanes of at least 4 members (excludes halogenated alkanes) is 10. The van der Waals surface area contributed by atoms with Gasteiger partial charge in [0.25, 0.3) is 5.91 Å². The van der Waals surface area contributed by atoms with Crippen molar-refractivity contribution in [3.8, 4) is 0 Å². The monoisotopic (exact) mass is 706 g/mol. The van der Waals surface area contributed by atoms with E-state index in [9.17, 15) is 14.4 Å². The van der Waals surface area contributed by atoms with E-state index < -0.39 is 0 Å². The number of benzene rings is 2. The van der Waals surface area contributed by atoms with Crippen LogP contribution in [0.1, 0.15) is 103 Å². The van der Waals surface area contributed by atoms with Crippen LogP contribution in [0.5, 0.6) is 0 Å². The van der Waals surface area contributed by atoms with Crippen LogP contribution < -0.4 is 15.3 Å². The number of carbonyl (C=O) groups excluding carboxylic acids is 3. The van der Waals surface area contributed by atoms with Gasteiger partial charge in [0.05, 0.1) is 32.9 Å². The minimum atomic E-state index is -0.337. The molecule has 0 aliphatic carbocycles. The van der Waals surface area contributed by atoms with Crippen LogP contribution in [0.25, 0.3) is 0 Å². The molecule has 1 unspecified atom stereocenters. The van der Waals surface area contributed by atoms with Crippen molar-refractivity contribution in [2.75, 3.05) is 9.91 Å². The van der Waals surface area contributed by atoms with Crippen molar-refractivity contribution >= 4 is 87.0 Å². The number of hydrogen-bond acceptors (Lipinski definition) is 4. The summed E-state index contributed by atoms with van der Waals surface area (Å²) in [4.78, 5) is 44.8. The number of aliphatic imine (C=N–C) groups is 1. The number of rotatable bonds is 17. The average Bonchev–Trinajstić information content (AvgIpc) is 3.50. The van der Waals surface area contributed by atoms with Crippen LogP contribution in [-0.2, 0) is 14.4 Å². The predicted molar refractivity (Wildman–Crippen MR) is 191 cm³/mol. The van der Waals surface area contributed by atoms with Gasteiger partial charge in [-0.1, -0.05) is 117 Å². The van der Waals surface area contributed by atoms with Crippen LogP contribution in [0.2, 0.25) is 20.1 Å². The third kappa shape index (κ3) is 9.96. The summed E-state index contributed by atoms with van der Waals surface area (Å²) in [5.41, 5.74) is 3.89. The first kappa shape index (κ1) is 36.3. The Hall–Kier alpha value is -2.58. The third-order valence-electron chi connectivity index (χ3n) is 8.26. The molecule has 0 spiro atoms. The molecule has 2 fully saturated rings.